The van der Waals surface area contributed by atoms with Crippen molar-refractivity contribution in [3.05, 3.63) is 12.2 Å². The molecule has 0 aliphatic heterocycles. The van der Waals surface area contributed by atoms with Crippen LogP contribution in [0.2, 0.25) is 0 Å². The molecule has 0 saturated heterocycles. The molecule has 0 aromatic rings. The summed E-state index contributed by atoms with van der Waals surface area (Å²) in [4.78, 5) is 0. The molecule has 0 spiro atoms. The smallest absolute Gasteiger partial charge is 0.0745 e. The fourth-order valence-electron chi connectivity index (χ4n) is 1.52. The molecule has 0 bridgehead atoms. The zero-order valence-electron chi connectivity index (χ0n) is 9.34. The van der Waals surface area contributed by atoms with Crippen LogP contribution in [0.25, 0.3) is 0 Å². The molecule has 0 saturated carbocycles. The van der Waals surface area contributed by atoms with Crippen LogP contribution in [0.15, 0.2) is 12.2 Å². The van der Waals surface area contributed by atoms with Gasteiger partial charge < -0.3 is 10.5 Å². The summed E-state index contributed by atoms with van der Waals surface area (Å²) in [5.41, 5.74) is 7.20. The molecule has 0 aliphatic rings. The maximum absolute atomic E-state index is 6.01. The van der Waals surface area contributed by atoms with E-state index in [0.717, 1.165) is 12.8 Å². The van der Waals surface area contributed by atoms with Gasteiger partial charge in [0.15, 0.2) is 0 Å². The largest absolute Gasteiger partial charge is 0.380 e. The molecular weight excluding hydrogens is 162 g/mol. The number of ether oxygens (including phenoxy) is 1. The van der Waals surface area contributed by atoms with Crippen molar-refractivity contribution in [2.45, 2.75) is 45.8 Å². The minimum absolute atomic E-state index is 0.127. The summed E-state index contributed by atoms with van der Waals surface area (Å²) in [5, 5.41) is 0. The molecule has 0 heterocycles. The fraction of sp³-hybridized carbons (Fsp3) is 0.818. The van der Waals surface area contributed by atoms with Crippen LogP contribution in [0.4, 0.5) is 0 Å². The van der Waals surface area contributed by atoms with E-state index in [1.54, 1.807) is 7.11 Å². The van der Waals surface area contributed by atoms with Crippen LogP contribution < -0.4 is 5.73 Å². The lowest BCUT2D eigenvalue weighted by atomic mass is 9.95. The summed E-state index contributed by atoms with van der Waals surface area (Å²) in [6.45, 7) is 10.2. The van der Waals surface area contributed by atoms with E-state index in [9.17, 15) is 0 Å². The second-order valence-corrected chi connectivity index (χ2v) is 4.10. The minimum atomic E-state index is 0.127. The van der Waals surface area contributed by atoms with Gasteiger partial charge in [0.25, 0.3) is 0 Å². The highest BCUT2D eigenvalue weighted by Gasteiger charge is 2.20. The maximum Gasteiger partial charge on any atom is 0.0745 e. The number of methoxy groups -OCH3 is 1. The van der Waals surface area contributed by atoms with Gasteiger partial charge in [-0.15, -0.1) is 6.58 Å². The third-order valence-corrected chi connectivity index (χ3v) is 2.26. The average Bonchev–Trinajstić information content (AvgIpc) is 2.01. The van der Waals surface area contributed by atoms with Crippen molar-refractivity contribution >= 4 is 0 Å². The molecule has 0 amide bonds. The highest BCUT2D eigenvalue weighted by molar-refractivity contribution is 4.90. The first kappa shape index (κ1) is 12.7. The second-order valence-electron chi connectivity index (χ2n) is 4.10. The van der Waals surface area contributed by atoms with Crippen LogP contribution in [0.3, 0.4) is 0 Å². The zero-order valence-corrected chi connectivity index (χ0v) is 9.34. The van der Waals surface area contributed by atoms with E-state index in [1.807, 2.05) is 6.92 Å². The number of hydrogen-bond donors (Lipinski definition) is 1. The molecule has 0 radical (unpaired) electrons. The van der Waals surface area contributed by atoms with Crippen molar-refractivity contribution in [3.63, 3.8) is 0 Å². The lowest BCUT2D eigenvalue weighted by Gasteiger charge is -2.25. The molecule has 0 aromatic heterocycles. The Morgan fingerprint density at radius 2 is 2.00 bits per heavy atom. The molecule has 13 heavy (non-hydrogen) atoms. The molecule has 0 fully saturated rings. The summed E-state index contributed by atoms with van der Waals surface area (Å²) >= 11 is 0. The van der Waals surface area contributed by atoms with Gasteiger partial charge in [-0.2, -0.15) is 0 Å². The van der Waals surface area contributed by atoms with Gasteiger partial charge in [-0.1, -0.05) is 19.4 Å². The molecular formula is C11H23NO. The SMILES string of the molecule is C=C(C)CCC(N)C(OC)C(C)C. The van der Waals surface area contributed by atoms with Gasteiger partial charge >= 0.3 is 0 Å². The highest BCUT2D eigenvalue weighted by Crippen LogP contribution is 2.14. The van der Waals surface area contributed by atoms with Crippen molar-refractivity contribution in [2.24, 2.45) is 11.7 Å². The van der Waals surface area contributed by atoms with Crippen LogP contribution in [-0.2, 0) is 4.74 Å². The van der Waals surface area contributed by atoms with E-state index < -0.39 is 0 Å². The minimum Gasteiger partial charge on any atom is -0.380 e. The molecule has 2 N–H and O–H groups in total. The Hall–Kier alpha value is -0.340. The van der Waals surface area contributed by atoms with Crippen molar-refractivity contribution in [2.75, 3.05) is 7.11 Å². The Balaban J connectivity index is 3.91. The Morgan fingerprint density at radius 3 is 2.31 bits per heavy atom. The summed E-state index contributed by atoms with van der Waals surface area (Å²) in [6.07, 6.45) is 2.12. The first-order chi connectivity index (χ1) is 5.99. The zero-order chi connectivity index (χ0) is 10.4. The normalized spacial score (nSPS) is 15.8. The predicted molar refractivity (Wildman–Crippen MR) is 57.7 cm³/mol. The van der Waals surface area contributed by atoms with E-state index in [4.69, 9.17) is 10.5 Å². The van der Waals surface area contributed by atoms with E-state index in [0.29, 0.717) is 5.92 Å². The summed E-state index contributed by atoms with van der Waals surface area (Å²) in [5.74, 6) is 0.477. The van der Waals surface area contributed by atoms with Gasteiger partial charge in [0.1, 0.15) is 0 Å². The fourth-order valence-corrected chi connectivity index (χ4v) is 1.52. The summed E-state index contributed by atoms with van der Waals surface area (Å²) in [7, 11) is 1.73. The average molecular weight is 185 g/mol. The molecule has 2 heteroatoms. The lowest BCUT2D eigenvalue weighted by Crippen LogP contribution is -2.39. The maximum atomic E-state index is 6.01. The molecule has 78 valence electrons. The van der Waals surface area contributed by atoms with E-state index >= 15 is 0 Å². The van der Waals surface area contributed by atoms with E-state index in [2.05, 4.69) is 20.4 Å². The Bertz CT molecular complexity index is 154. The van der Waals surface area contributed by atoms with Gasteiger partial charge in [-0.05, 0) is 25.7 Å². The van der Waals surface area contributed by atoms with Gasteiger partial charge in [0.05, 0.1) is 6.10 Å². The van der Waals surface area contributed by atoms with Gasteiger partial charge in [-0.25, -0.2) is 0 Å². The number of nitrogens with two attached hydrogens (primary N) is 1. The van der Waals surface area contributed by atoms with Crippen LogP contribution in [0.5, 0.6) is 0 Å². The lowest BCUT2D eigenvalue weighted by molar-refractivity contribution is 0.0420. The summed E-state index contributed by atoms with van der Waals surface area (Å²) in [6, 6.07) is 0.127. The van der Waals surface area contributed by atoms with E-state index in [-0.39, 0.29) is 12.1 Å². The third kappa shape index (κ3) is 5.06. The number of allylic oxidation sites excluding steroid dienone is 1. The van der Waals surface area contributed by atoms with Crippen molar-refractivity contribution < 1.29 is 4.74 Å². The monoisotopic (exact) mass is 185 g/mol. The van der Waals surface area contributed by atoms with Crippen LogP contribution in [0.1, 0.15) is 33.6 Å². The first-order valence-corrected chi connectivity index (χ1v) is 4.91. The van der Waals surface area contributed by atoms with Crippen molar-refractivity contribution in [1.29, 1.82) is 0 Å². The first-order valence-electron chi connectivity index (χ1n) is 4.91. The van der Waals surface area contributed by atoms with Crippen molar-refractivity contribution in [1.82, 2.24) is 0 Å². The van der Waals surface area contributed by atoms with Gasteiger partial charge in [0.2, 0.25) is 0 Å². The molecule has 2 atom stereocenters. The van der Waals surface area contributed by atoms with E-state index in [1.165, 1.54) is 5.57 Å². The number of rotatable bonds is 6. The topological polar surface area (TPSA) is 35.2 Å². The predicted octanol–water partition coefficient (Wildman–Crippen LogP) is 2.34. The summed E-state index contributed by atoms with van der Waals surface area (Å²) < 4.78 is 5.35. The van der Waals surface area contributed by atoms with Crippen molar-refractivity contribution in [3.8, 4) is 0 Å². The van der Waals surface area contributed by atoms with Crippen LogP contribution in [0, 0.1) is 5.92 Å². The molecule has 0 aromatic carbocycles. The third-order valence-electron chi connectivity index (χ3n) is 2.26. The Morgan fingerprint density at radius 1 is 1.46 bits per heavy atom. The number of hydrogen-bond acceptors (Lipinski definition) is 2. The Labute approximate surface area is 82.2 Å². The van der Waals surface area contributed by atoms with Gasteiger partial charge in [-0.3, -0.25) is 0 Å². The van der Waals surface area contributed by atoms with Crippen LogP contribution in [-0.4, -0.2) is 19.3 Å². The molecule has 2 unspecified atom stereocenters. The van der Waals surface area contributed by atoms with Gasteiger partial charge in [0, 0.05) is 13.2 Å². The molecule has 2 nitrogen and oxygen atoms in total. The molecule has 0 aliphatic carbocycles. The standard InChI is InChI=1S/C11H23NO/c1-8(2)6-7-10(12)11(13-5)9(3)4/h9-11H,1,6-7,12H2,2-5H3. The highest BCUT2D eigenvalue weighted by atomic mass is 16.5. The molecule has 0 rings (SSSR count). The quantitative estimate of drug-likeness (QED) is 0.645. The van der Waals surface area contributed by atoms with Crippen LogP contribution >= 0.6 is 0 Å². The second kappa shape index (κ2) is 6.17. The Kier molecular flexibility index (Phi) is 6.00.